The summed E-state index contributed by atoms with van der Waals surface area (Å²) in [5, 5.41) is 14.1. The fourth-order valence-corrected chi connectivity index (χ4v) is 4.17. The van der Waals surface area contributed by atoms with E-state index in [-0.39, 0.29) is 22.3 Å². The molecule has 3 rings (SSSR count). The molecule has 2 N–H and O–H groups in total. The van der Waals surface area contributed by atoms with Gasteiger partial charge in [0.2, 0.25) is 11.8 Å². The second-order valence-electron chi connectivity index (χ2n) is 7.59. The molecule has 0 atom stereocenters. The Morgan fingerprint density at radius 3 is 2.44 bits per heavy atom. The van der Waals surface area contributed by atoms with E-state index in [9.17, 15) is 19.5 Å². The summed E-state index contributed by atoms with van der Waals surface area (Å²) in [4.78, 5) is 42.3. The minimum atomic E-state index is -0.705. The lowest BCUT2D eigenvalue weighted by Crippen LogP contribution is -2.39. The quantitative estimate of drug-likeness (QED) is 0.396. The molecule has 10 heteroatoms. The Labute approximate surface area is 205 Å². The number of aliphatic imine (C=N–C) groups is 1. The first-order valence-corrected chi connectivity index (χ1v) is 11.8. The second kappa shape index (κ2) is 10.8. The predicted molar refractivity (Wildman–Crippen MR) is 138 cm³/mol. The lowest BCUT2D eigenvalue weighted by Gasteiger charge is -2.13. The molecule has 0 radical (unpaired) electrons. The van der Waals surface area contributed by atoms with E-state index in [0.29, 0.717) is 16.4 Å². The zero-order valence-electron chi connectivity index (χ0n) is 19.3. The number of anilines is 1. The van der Waals surface area contributed by atoms with Crippen molar-refractivity contribution >= 4 is 45.7 Å². The third-order valence-electron chi connectivity index (χ3n) is 5.30. The molecule has 1 amide bonds. The van der Waals surface area contributed by atoms with Crippen molar-refractivity contribution in [3.63, 3.8) is 0 Å². The fourth-order valence-electron chi connectivity index (χ4n) is 3.17. The Morgan fingerprint density at radius 2 is 1.79 bits per heavy atom. The van der Waals surface area contributed by atoms with E-state index in [1.165, 1.54) is 14.1 Å². The van der Waals surface area contributed by atoms with Gasteiger partial charge in [-0.2, -0.15) is 0 Å². The van der Waals surface area contributed by atoms with E-state index in [2.05, 4.69) is 10.3 Å². The van der Waals surface area contributed by atoms with Gasteiger partial charge in [-0.3, -0.25) is 18.7 Å². The average Bonchev–Trinajstić information content (AvgIpc) is 2.83. The average molecular weight is 501 g/mol. The number of hydrogen-bond acceptors (Lipinski definition) is 6. The molecule has 0 aliphatic carbocycles. The summed E-state index contributed by atoms with van der Waals surface area (Å²) in [7, 11) is 2.67. The van der Waals surface area contributed by atoms with Crippen molar-refractivity contribution in [3.8, 4) is 5.88 Å². The second-order valence-corrected chi connectivity index (χ2v) is 8.96. The van der Waals surface area contributed by atoms with E-state index >= 15 is 0 Å². The largest absolute Gasteiger partial charge is 0.494 e. The zero-order chi connectivity index (χ0) is 25.0. The smallest absolute Gasteiger partial charge is 0.333 e. The summed E-state index contributed by atoms with van der Waals surface area (Å²) in [6, 6.07) is 12.6. The number of benzene rings is 2. The van der Waals surface area contributed by atoms with Crippen LogP contribution in [0.2, 0.25) is 5.02 Å². The van der Waals surface area contributed by atoms with Crippen LogP contribution in [-0.2, 0) is 25.3 Å². The van der Waals surface area contributed by atoms with Crippen LogP contribution < -0.4 is 16.6 Å². The topological polar surface area (TPSA) is 106 Å². The number of rotatable bonds is 6. The zero-order valence-corrected chi connectivity index (χ0v) is 20.8. The molecule has 0 saturated heterocycles. The van der Waals surface area contributed by atoms with Crippen LogP contribution in [0.3, 0.4) is 0 Å². The van der Waals surface area contributed by atoms with Crippen molar-refractivity contribution < 1.29 is 9.90 Å². The molecule has 34 heavy (non-hydrogen) atoms. The first-order chi connectivity index (χ1) is 16.1. The monoisotopic (exact) mass is 500 g/mol. The maximum absolute atomic E-state index is 12.9. The molecule has 0 saturated carbocycles. The Balaban J connectivity index is 1.99. The van der Waals surface area contributed by atoms with E-state index in [0.717, 1.165) is 38.4 Å². The Kier molecular flexibility index (Phi) is 8.01. The standard InChI is InChI=1S/C24H25ClN4O4S/c1-5-15-9-11-16(12-10-15)26-21(20-22(31)28(3)24(33)29(4)23(20)32)34-13-19(30)27-18-8-6-7-17(25)14(18)2/h6-12,31H,5,13H2,1-4H3,(H,27,30). The van der Waals surface area contributed by atoms with Gasteiger partial charge in [-0.1, -0.05) is 48.5 Å². The highest BCUT2D eigenvalue weighted by Gasteiger charge is 2.22. The highest BCUT2D eigenvalue weighted by Crippen LogP contribution is 2.25. The number of aromatic nitrogens is 2. The van der Waals surface area contributed by atoms with Crippen molar-refractivity contribution in [1.29, 1.82) is 0 Å². The van der Waals surface area contributed by atoms with Crippen molar-refractivity contribution in [2.75, 3.05) is 11.1 Å². The number of aromatic hydroxyl groups is 1. The molecule has 1 aromatic heterocycles. The molecule has 0 aliphatic heterocycles. The van der Waals surface area contributed by atoms with Crippen molar-refractivity contribution in [2.24, 2.45) is 19.1 Å². The van der Waals surface area contributed by atoms with Gasteiger partial charge in [0.25, 0.3) is 5.56 Å². The molecule has 3 aromatic rings. The van der Waals surface area contributed by atoms with E-state index in [1.807, 2.05) is 19.1 Å². The van der Waals surface area contributed by atoms with Gasteiger partial charge in [0.05, 0.1) is 11.4 Å². The summed E-state index contributed by atoms with van der Waals surface area (Å²) in [5.41, 5.74) is 1.44. The number of aryl methyl sites for hydroxylation is 1. The number of nitrogens with one attached hydrogen (secondary N) is 1. The highest BCUT2D eigenvalue weighted by atomic mass is 35.5. The van der Waals surface area contributed by atoms with Crippen LogP contribution in [0.5, 0.6) is 5.88 Å². The molecule has 1 heterocycles. The van der Waals surface area contributed by atoms with Crippen LogP contribution in [0.4, 0.5) is 11.4 Å². The van der Waals surface area contributed by atoms with Gasteiger partial charge >= 0.3 is 5.69 Å². The third-order valence-corrected chi connectivity index (χ3v) is 6.69. The van der Waals surface area contributed by atoms with Crippen LogP contribution in [-0.4, -0.2) is 30.9 Å². The summed E-state index contributed by atoms with van der Waals surface area (Å²) in [6.07, 6.45) is 0.858. The molecule has 0 aliphatic rings. The van der Waals surface area contributed by atoms with Gasteiger partial charge in [0, 0.05) is 24.8 Å². The van der Waals surface area contributed by atoms with Crippen LogP contribution in [0, 0.1) is 6.92 Å². The number of hydrogen-bond donors (Lipinski definition) is 2. The first kappa shape index (κ1) is 25.3. The number of thioether (sulfide) groups is 1. The van der Waals surface area contributed by atoms with Crippen LogP contribution >= 0.6 is 23.4 Å². The molecule has 0 unspecified atom stereocenters. The number of nitrogens with zero attached hydrogens (tertiary/aromatic N) is 3. The lowest BCUT2D eigenvalue weighted by molar-refractivity contribution is -0.113. The molecule has 0 bridgehead atoms. The van der Waals surface area contributed by atoms with Gasteiger partial charge in [-0.15, -0.1) is 0 Å². The molecule has 178 valence electrons. The van der Waals surface area contributed by atoms with E-state index in [1.54, 1.807) is 37.3 Å². The maximum Gasteiger partial charge on any atom is 0.333 e. The molecule has 2 aromatic carbocycles. The van der Waals surface area contributed by atoms with Gasteiger partial charge in [0.15, 0.2) is 0 Å². The Morgan fingerprint density at radius 1 is 1.12 bits per heavy atom. The minimum Gasteiger partial charge on any atom is -0.494 e. The highest BCUT2D eigenvalue weighted by molar-refractivity contribution is 8.15. The van der Waals surface area contributed by atoms with Gasteiger partial charge < -0.3 is 10.4 Å². The number of carbonyl (C=O) groups excluding carboxylic acids is 1. The van der Waals surface area contributed by atoms with Gasteiger partial charge in [-0.25, -0.2) is 9.79 Å². The normalized spacial score (nSPS) is 11.5. The van der Waals surface area contributed by atoms with Gasteiger partial charge in [0.1, 0.15) is 10.6 Å². The minimum absolute atomic E-state index is 0.0940. The summed E-state index contributed by atoms with van der Waals surface area (Å²) in [5.74, 6) is -0.954. The molecular weight excluding hydrogens is 476 g/mol. The third kappa shape index (κ3) is 5.43. The van der Waals surface area contributed by atoms with Crippen LogP contribution in [0.1, 0.15) is 23.6 Å². The Bertz CT molecular complexity index is 1380. The fraction of sp³-hybridized carbons (Fsp3) is 0.250. The van der Waals surface area contributed by atoms with Gasteiger partial charge in [-0.05, 0) is 48.7 Å². The first-order valence-electron chi connectivity index (χ1n) is 10.5. The van der Waals surface area contributed by atoms with Crippen molar-refractivity contribution in [3.05, 3.63) is 85.0 Å². The van der Waals surface area contributed by atoms with Crippen LogP contribution in [0.25, 0.3) is 0 Å². The number of carbonyl (C=O) groups is 1. The Hall–Kier alpha value is -3.30. The summed E-state index contributed by atoms with van der Waals surface area (Å²) in [6.45, 7) is 3.83. The van der Waals surface area contributed by atoms with Crippen LogP contribution in [0.15, 0.2) is 57.0 Å². The van der Waals surface area contributed by atoms with Crippen molar-refractivity contribution in [1.82, 2.24) is 9.13 Å². The SMILES string of the molecule is CCc1ccc(N=C(SCC(=O)Nc2cccc(Cl)c2C)c2c(O)n(C)c(=O)n(C)c2=O)cc1. The number of halogens is 1. The lowest BCUT2D eigenvalue weighted by atomic mass is 10.1. The van der Waals surface area contributed by atoms with E-state index in [4.69, 9.17) is 11.6 Å². The predicted octanol–water partition coefficient (Wildman–Crippen LogP) is 3.76. The molecular formula is C24H25ClN4O4S. The molecule has 8 nitrogen and oxygen atoms in total. The summed E-state index contributed by atoms with van der Waals surface area (Å²) < 4.78 is 1.85. The number of amides is 1. The molecule has 0 spiro atoms. The van der Waals surface area contributed by atoms with E-state index < -0.39 is 17.1 Å². The molecule has 0 fully saturated rings. The summed E-state index contributed by atoms with van der Waals surface area (Å²) >= 11 is 7.11. The van der Waals surface area contributed by atoms with Crippen molar-refractivity contribution in [2.45, 2.75) is 20.3 Å². The maximum atomic E-state index is 12.9.